The molecule has 0 amide bonds. The van der Waals surface area contributed by atoms with Gasteiger partial charge in [0.05, 0.1) is 5.52 Å². The monoisotopic (exact) mass is 394 g/mol. The van der Waals surface area contributed by atoms with Crippen molar-refractivity contribution >= 4 is 22.5 Å². The second kappa shape index (κ2) is 7.41. The van der Waals surface area contributed by atoms with Crippen molar-refractivity contribution in [2.24, 2.45) is 0 Å². The van der Waals surface area contributed by atoms with E-state index in [2.05, 4.69) is 50.3 Å². The lowest BCUT2D eigenvalue weighted by atomic mass is 10.0. The van der Waals surface area contributed by atoms with Gasteiger partial charge in [-0.3, -0.25) is 4.98 Å². The summed E-state index contributed by atoms with van der Waals surface area (Å²) < 4.78 is 0. The maximum Gasteiger partial charge on any atom is 0.226 e. The van der Waals surface area contributed by atoms with Gasteiger partial charge in [-0.25, -0.2) is 4.98 Å². The Morgan fingerprint density at radius 3 is 1.97 bits per heavy atom. The van der Waals surface area contributed by atoms with Gasteiger partial charge in [0.25, 0.3) is 0 Å². The fraction of sp³-hybridized carbons (Fsp3) is 0. The van der Waals surface area contributed by atoms with E-state index in [0.29, 0.717) is 11.6 Å². The van der Waals surface area contributed by atoms with Gasteiger partial charge in [0.1, 0.15) is 0 Å². The van der Waals surface area contributed by atoms with E-state index in [1.54, 1.807) is 0 Å². The SMILES string of the molecule is Clc1nc(-c2ccccc2)nc(-c2ccc(-c3cccc4cccnc34)cc2)n1. The van der Waals surface area contributed by atoms with Crippen molar-refractivity contribution in [2.75, 3.05) is 0 Å². The van der Waals surface area contributed by atoms with E-state index in [0.717, 1.165) is 33.2 Å². The van der Waals surface area contributed by atoms with Crippen molar-refractivity contribution in [1.82, 2.24) is 19.9 Å². The Bertz CT molecular complexity index is 1300. The molecule has 0 unspecified atom stereocenters. The summed E-state index contributed by atoms with van der Waals surface area (Å²) in [5, 5.41) is 1.29. The fourth-order valence-electron chi connectivity index (χ4n) is 3.33. The lowest BCUT2D eigenvalue weighted by Crippen LogP contribution is -1.97. The third kappa shape index (κ3) is 3.46. The fourth-order valence-corrected chi connectivity index (χ4v) is 3.49. The summed E-state index contributed by atoms with van der Waals surface area (Å²) in [6, 6.07) is 28.1. The summed E-state index contributed by atoms with van der Waals surface area (Å²) in [7, 11) is 0. The van der Waals surface area contributed by atoms with Crippen LogP contribution in [0.3, 0.4) is 0 Å². The zero-order valence-corrected chi connectivity index (χ0v) is 16.1. The number of fused-ring (bicyclic) bond motifs is 1. The Balaban J connectivity index is 1.55. The summed E-state index contributed by atoms with van der Waals surface area (Å²) in [4.78, 5) is 17.7. The molecule has 2 heterocycles. The van der Waals surface area contributed by atoms with Crippen molar-refractivity contribution < 1.29 is 0 Å². The van der Waals surface area contributed by atoms with Gasteiger partial charge in [0.15, 0.2) is 11.6 Å². The number of benzene rings is 3. The first-order chi connectivity index (χ1) is 14.3. The average molecular weight is 395 g/mol. The van der Waals surface area contributed by atoms with Crippen LogP contribution in [0.25, 0.3) is 44.8 Å². The third-order valence-electron chi connectivity index (χ3n) is 4.73. The highest BCUT2D eigenvalue weighted by atomic mass is 35.5. The molecule has 0 bridgehead atoms. The van der Waals surface area contributed by atoms with Crippen LogP contribution in [0.5, 0.6) is 0 Å². The summed E-state index contributed by atoms with van der Waals surface area (Å²) in [5.41, 5.74) is 4.94. The molecule has 0 N–H and O–H groups in total. The number of rotatable bonds is 3. The van der Waals surface area contributed by atoms with Gasteiger partial charge in [0.2, 0.25) is 5.28 Å². The summed E-state index contributed by atoms with van der Waals surface area (Å²) >= 11 is 6.17. The highest BCUT2D eigenvalue weighted by Gasteiger charge is 2.10. The first-order valence-corrected chi connectivity index (χ1v) is 9.57. The number of nitrogens with zero attached hydrogens (tertiary/aromatic N) is 4. The molecule has 5 heteroatoms. The molecule has 0 fully saturated rings. The van der Waals surface area contributed by atoms with E-state index in [1.165, 1.54) is 0 Å². The van der Waals surface area contributed by atoms with E-state index in [-0.39, 0.29) is 5.28 Å². The second-order valence-corrected chi connectivity index (χ2v) is 6.91. The molecule has 3 aromatic carbocycles. The molecule has 0 aliphatic carbocycles. The van der Waals surface area contributed by atoms with Crippen LogP contribution >= 0.6 is 11.6 Å². The molecule has 5 rings (SSSR count). The van der Waals surface area contributed by atoms with Crippen molar-refractivity contribution in [3.8, 4) is 33.9 Å². The second-order valence-electron chi connectivity index (χ2n) is 6.58. The summed E-state index contributed by atoms with van der Waals surface area (Å²) in [5.74, 6) is 1.11. The molecule has 0 aliphatic heterocycles. The molecule has 29 heavy (non-hydrogen) atoms. The molecule has 0 aliphatic rings. The Morgan fingerprint density at radius 1 is 0.552 bits per heavy atom. The first-order valence-electron chi connectivity index (χ1n) is 9.19. The van der Waals surface area contributed by atoms with Crippen LogP contribution in [-0.4, -0.2) is 19.9 Å². The lowest BCUT2D eigenvalue weighted by Gasteiger charge is -2.08. The van der Waals surface area contributed by atoms with Crippen molar-refractivity contribution in [2.45, 2.75) is 0 Å². The maximum atomic E-state index is 6.17. The smallest absolute Gasteiger partial charge is 0.226 e. The molecule has 0 spiro atoms. The predicted octanol–water partition coefficient (Wildman–Crippen LogP) is 6.07. The predicted molar refractivity (Wildman–Crippen MR) is 116 cm³/mol. The molecule has 2 aromatic heterocycles. The molecule has 5 aromatic rings. The quantitative estimate of drug-likeness (QED) is 0.372. The standard InChI is InChI=1S/C24H15ClN4/c25-24-28-22(18-6-2-1-3-7-18)27-23(29-24)19-13-11-16(12-14-19)20-10-4-8-17-9-5-15-26-21(17)20/h1-15H. The van der Waals surface area contributed by atoms with Crippen LogP contribution in [0.4, 0.5) is 0 Å². The minimum atomic E-state index is 0.177. The van der Waals surface area contributed by atoms with Gasteiger partial charge in [-0.1, -0.05) is 78.9 Å². The van der Waals surface area contributed by atoms with E-state index < -0.39 is 0 Å². The van der Waals surface area contributed by atoms with Crippen LogP contribution in [0, 0.1) is 0 Å². The Labute approximate surface area is 172 Å². The average Bonchev–Trinajstić information content (AvgIpc) is 2.79. The van der Waals surface area contributed by atoms with Crippen LogP contribution < -0.4 is 0 Å². The highest BCUT2D eigenvalue weighted by Crippen LogP contribution is 2.29. The third-order valence-corrected chi connectivity index (χ3v) is 4.90. The number of halogens is 1. The topological polar surface area (TPSA) is 51.6 Å². The van der Waals surface area contributed by atoms with E-state index >= 15 is 0 Å². The zero-order valence-electron chi connectivity index (χ0n) is 15.3. The van der Waals surface area contributed by atoms with Crippen LogP contribution in [0.1, 0.15) is 0 Å². The van der Waals surface area contributed by atoms with Gasteiger partial charge in [-0.15, -0.1) is 0 Å². The number of aromatic nitrogens is 4. The lowest BCUT2D eigenvalue weighted by molar-refractivity contribution is 1.07. The molecule has 0 atom stereocenters. The van der Waals surface area contributed by atoms with Gasteiger partial charge in [0, 0.05) is 28.3 Å². The molecular weight excluding hydrogens is 380 g/mol. The summed E-state index contributed by atoms with van der Waals surface area (Å²) in [6.07, 6.45) is 1.82. The molecule has 0 radical (unpaired) electrons. The van der Waals surface area contributed by atoms with Gasteiger partial charge < -0.3 is 0 Å². The van der Waals surface area contributed by atoms with Gasteiger partial charge >= 0.3 is 0 Å². The normalized spacial score (nSPS) is 10.9. The zero-order chi connectivity index (χ0) is 19.6. The number of pyridine rings is 1. The van der Waals surface area contributed by atoms with E-state index in [1.807, 2.05) is 60.8 Å². The molecule has 138 valence electrons. The van der Waals surface area contributed by atoms with Crippen LogP contribution in [0.15, 0.2) is 91.1 Å². The first kappa shape index (κ1) is 17.5. The summed E-state index contributed by atoms with van der Waals surface area (Å²) in [6.45, 7) is 0. The van der Waals surface area contributed by atoms with Crippen LogP contribution in [-0.2, 0) is 0 Å². The number of hydrogen-bond donors (Lipinski definition) is 0. The largest absolute Gasteiger partial charge is 0.256 e. The Morgan fingerprint density at radius 2 is 1.21 bits per heavy atom. The van der Waals surface area contributed by atoms with Crippen molar-refractivity contribution in [3.63, 3.8) is 0 Å². The van der Waals surface area contributed by atoms with Crippen LogP contribution in [0.2, 0.25) is 5.28 Å². The maximum absolute atomic E-state index is 6.17. The molecule has 4 nitrogen and oxygen atoms in total. The minimum Gasteiger partial charge on any atom is -0.256 e. The Hall–Kier alpha value is -3.63. The van der Waals surface area contributed by atoms with Crippen molar-refractivity contribution in [1.29, 1.82) is 0 Å². The molecule has 0 saturated carbocycles. The number of para-hydroxylation sites is 1. The molecular formula is C24H15ClN4. The van der Waals surface area contributed by atoms with Crippen molar-refractivity contribution in [3.05, 3.63) is 96.4 Å². The van der Waals surface area contributed by atoms with E-state index in [4.69, 9.17) is 11.6 Å². The number of hydrogen-bond acceptors (Lipinski definition) is 4. The molecule has 0 saturated heterocycles. The van der Waals surface area contributed by atoms with E-state index in [9.17, 15) is 0 Å². The Kier molecular flexibility index (Phi) is 4.47. The van der Waals surface area contributed by atoms with Gasteiger partial charge in [-0.05, 0) is 23.2 Å². The minimum absolute atomic E-state index is 0.177. The van der Waals surface area contributed by atoms with Gasteiger partial charge in [-0.2, -0.15) is 9.97 Å². The highest BCUT2D eigenvalue weighted by molar-refractivity contribution is 6.28.